The Labute approximate surface area is 149 Å². The van der Waals surface area contributed by atoms with Crippen LogP contribution < -0.4 is 5.32 Å². The number of piperazine rings is 1. The van der Waals surface area contributed by atoms with Crippen molar-refractivity contribution in [3.8, 4) is 0 Å². The fourth-order valence-electron chi connectivity index (χ4n) is 4.12. The van der Waals surface area contributed by atoms with Crippen molar-refractivity contribution in [2.75, 3.05) is 45.2 Å². The Bertz CT molecular complexity index is 630. The molecule has 3 aliphatic rings. The van der Waals surface area contributed by atoms with Crippen LogP contribution in [0.3, 0.4) is 0 Å². The van der Waals surface area contributed by atoms with Crippen molar-refractivity contribution < 1.29 is 18.0 Å². The quantitative estimate of drug-likeness (QED) is 0.722. The normalized spacial score (nSPS) is 29.4. The SMILES string of the molecule is CN(C)C(=O)CN1CCN(C(=O)NC2CCCC2)[C@H]2CS(=O)(=O)C[C@H]21. The van der Waals surface area contributed by atoms with E-state index in [9.17, 15) is 18.0 Å². The van der Waals surface area contributed by atoms with Gasteiger partial charge in [-0.05, 0) is 12.8 Å². The number of hydrogen-bond donors (Lipinski definition) is 1. The van der Waals surface area contributed by atoms with Gasteiger partial charge < -0.3 is 15.1 Å². The molecule has 2 heterocycles. The molecule has 0 aromatic rings. The van der Waals surface area contributed by atoms with Gasteiger partial charge in [0.05, 0.1) is 24.1 Å². The second-order valence-electron chi connectivity index (χ2n) is 7.59. The molecule has 2 atom stereocenters. The van der Waals surface area contributed by atoms with Crippen LogP contribution >= 0.6 is 0 Å². The van der Waals surface area contributed by atoms with E-state index in [2.05, 4.69) is 5.32 Å². The molecule has 1 N–H and O–H groups in total. The predicted molar refractivity (Wildman–Crippen MR) is 94.0 cm³/mol. The minimum absolute atomic E-state index is 0.0115. The number of fused-ring (bicyclic) bond motifs is 1. The fraction of sp³-hybridized carbons (Fsp3) is 0.875. The van der Waals surface area contributed by atoms with Crippen molar-refractivity contribution in [1.29, 1.82) is 0 Å². The van der Waals surface area contributed by atoms with E-state index in [1.165, 1.54) is 4.90 Å². The number of nitrogens with zero attached hydrogens (tertiary/aromatic N) is 3. The van der Waals surface area contributed by atoms with E-state index in [4.69, 9.17) is 0 Å². The summed E-state index contributed by atoms with van der Waals surface area (Å²) in [4.78, 5) is 29.8. The Kier molecular flexibility index (Phi) is 5.24. The van der Waals surface area contributed by atoms with Crippen molar-refractivity contribution in [3.05, 3.63) is 0 Å². The molecule has 1 saturated carbocycles. The fourth-order valence-corrected chi connectivity index (χ4v) is 6.13. The molecule has 0 unspecified atom stereocenters. The molecular formula is C16H28N4O4S. The smallest absolute Gasteiger partial charge is 0.317 e. The van der Waals surface area contributed by atoms with Gasteiger partial charge in [0.2, 0.25) is 5.91 Å². The van der Waals surface area contributed by atoms with Gasteiger partial charge in [-0.25, -0.2) is 13.2 Å². The Hall–Kier alpha value is -1.35. The Balaban J connectivity index is 1.71. The summed E-state index contributed by atoms with van der Waals surface area (Å²) in [6.07, 6.45) is 4.25. The summed E-state index contributed by atoms with van der Waals surface area (Å²) in [6.45, 7) is 1.17. The van der Waals surface area contributed by atoms with Crippen LogP contribution in [0.25, 0.3) is 0 Å². The number of urea groups is 1. The van der Waals surface area contributed by atoms with Crippen LogP contribution in [0.15, 0.2) is 0 Å². The van der Waals surface area contributed by atoms with Crippen LogP contribution in [0.4, 0.5) is 4.79 Å². The molecule has 8 nitrogen and oxygen atoms in total. The third kappa shape index (κ3) is 4.08. The van der Waals surface area contributed by atoms with Crippen LogP contribution in [-0.4, -0.2) is 98.4 Å². The number of sulfone groups is 1. The lowest BCUT2D eigenvalue weighted by atomic mass is 10.0. The molecule has 2 saturated heterocycles. The first-order chi connectivity index (χ1) is 11.8. The first-order valence-electron chi connectivity index (χ1n) is 8.98. The van der Waals surface area contributed by atoms with E-state index in [-0.39, 0.29) is 48.1 Å². The largest absolute Gasteiger partial charge is 0.348 e. The maximum absolute atomic E-state index is 12.7. The van der Waals surface area contributed by atoms with Crippen LogP contribution in [-0.2, 0) is 14.6 Å². The Morgan fingerprint density at radius 2 is 1.72 bits per heavy atom. The van der Waals surface area contributed by atoms with Gasteiger partial charge in [0.15, 0.2) is 9.84 Å². The van der Waals surface area contributed by atoms with Crippen molar-refractivity contribution >= 4 is 21.8 Å². The number of nitrogens with one attached hydrogen (secondary N) is 1. The van der Waals surface area contributed by atoms with Gasteiger partial charge >= 0.3 is 6.03 Å². The highest BCUT2D eigenvalue weighted by Gasteiger charge is 2.48. The summed E-state index contributed by atoms with van der Waals surface area (Å²) in [5, 5.41) is 3.06. The number of hydrogen-bond acceptors (Lipinski definition) is 5. The number of carbonyl (C=O) groups excluding carboxylic acids is 2. The van der Waals surface area contributed by atoms with Crippen LogP contribution in [0.5, 0.6) is 0 Å². The third-order valence-corrected chi connectivity index (χ3v) is 7.27. The second-order valence-corrected chi connectivity index (χ2v) is 9.75. The molecule has 142 valence electrons. The molecule has 0 radical (unpaired) electrons. The van der Waals surface area contributed by atoms with Gasteiger partial charge in [-0.15, -0.1) is 0 Å². The van der Waals surface area contributed by atoms with Crippen LogP contribution in [0.1, 0.15) is 25.7 Å². The maximum Gasteiger partial charge on any atom is 0.317 e. The van der Waals surface area contributed by atoms with E-state index in [0.717, 1.165) is 25.7 Å². The molecule has 3 fully saturated rings. The zero-order valence-electron chi connectivity index (χ0n) is 15.0. The highest BCUT2D eigenvalue weighted by atomic mass is 32.2. The van der Waals surface area contributed by atoms with Gasteiger partial charge in [-0.2, -0.15) is 0 Å². The van der Waals surface area contributed by atoms with E-state index in [0.29, 0.717) is 13.1 Å². The summed E-state index contributed by atoms with van der Waals surface area (Å²) in [5.74, 6) is -0.0412. The number of likely N-dealkylation sites (N-methyl/N-ethyl adjacent to an activating group) is 1. The second kappa shape index (κ2) is 7.11. The van der Waals surface area contributed by atoms with E-state index < -0.39 is 9.84 Å². The van der Waals surface area contributed by atoms with Crippen LogP contribution in [0.2, 0.25) is 0 Å². The Morgan fingerprint density at radius 3 is 2.36 bits per heavy atom. The summed E-state index contributed by atoms with van der Waals surface area (Å²) < 4.78 is 24.4. The molecule has 3 rings (SSSR count). The zero-order valence-corrected chi connectivity index (χ0v) is 15.8. The van der Waals surface area contributed by atoms with Gasteiger partial charge in [0, 0.05) is 39.3 Å². The minimum atomic E-state index is -3.20. The van der Waals surface area contributed by atoms with Gasteiger partial charge in [-0.3, -0.25) is 9.69 Å². The average Bonchev–Trinajstić information content (AvgIpc) is 3.13. The summed E-state index contributed by atoms with van der Waals surface area (Å²) in [7, 11) is 0.182. The van der Waals surface area contributed by atoms with Gasteiger partial charge in [0.1, 0.15) is 0 Å². The molecule has 3 amide bonds. The number of carbonyl (C=O) groups is 2. The van der Waals surface area contributed by atoms with Crippen LogP contribution in [0, 0.1) is 0 Å². The van der Waals surface area contributed by atoms with E-state index >= 15 is 0 Å². The van der Waals surface area contributed by atoms with Crippen molar-refractivity contribution in [3.63, 3.8) is 0 Å². The highest BCUT2D eigenvalue weighted by molar-refractivity contribution is 7.91. The molecule has 0 aromatic carbocycles. The molecule has 1 aliphatic carbocycles. The third-order valence-electron chi connectivity index (χ3n) is 5.57. The Morgan fingerprint density at radius 1 is 1.08 bits per heavy atom. The predicted octanol–water partition coefficient (Wildman–Crippen LogP) is -0.490. The topological polar surface area (TPSA) is 90.0 Å². The lowest BCUT2D eigenvalue weighted by Gasteiger charge is -2.44. The molecule has 25 heavy (non-hydrogen) atoms. The van der Waals surface area contributed by atoms with Crippen molar-refractivity contribution in [2.45, 2.75) is 43.8 Å². The molecule has 0 aromatic heterocycles. The van der Waals surface area contributed by atoms with E-state index in [1.807, 2.05) is 4.90 Å². The summed E-state index contributed by atoms with van der Waals surface area (Å²) in [6, 6.07) is -0.609. The molecule has 0 spiro atoms. The lowest BCUT2D eigenvalue weighted by Crippen LogP contribution is -2.63. The van der Waals surface area contributed by atoms with Gasteiger partial charge in [0.25, 0.3) is 0 Å². The van der Waals surface area contributed by atoms with E-state index in [1.54, 1.807) is 19.0 Å². The minimum Gasteiger partial charge on any atom is -0.348 e. The number of rotatable bonds is 3. The molecule has 2 aliphatic heterocycles. The van der Waals surface area contributed by atoms with Crippen molar-refractivity contribution in [2.24, 2.45) is 0 Å². The molecule has 0 bridgehead atoms. The lowest BCUT2D eigenvalue weighted by molar-refractivity contribution is -0.131. The standard InChI is InChI=1S/C16H28N4O4S/c1-18(2)15(21)9-19-7-8-20(14-11-25(23,24)10-13(14)19)16(22)17-12-5-3-4-6-12/h12-14H,3-11H2,1-2H3,(H,17,22)/t13-,14+/m1/s1. The molecular weight excluding hydrogens is 344 g/mol. The maximum atomic E-state index is 12.7. The monoisotopic (exact) mass is 372 g/mol. The average molecular weight is 372 g/mol. The zero-order chi connectivity index (χ0) is 18.2. The first-order valence-corrected chi connectivity index (χ1v) is 10.8. The highest BCUT2D eigenvalue weighted by Crippen LogP contribution is 2.27. The summed E-state index contributed by atoms with van der Waals surface area (Å²) in [5.41, 5.74) is 0. The first kappa shape index (κ1) is 18.4. The number of amides is 3. The molecule has 9 heteroatoms. The van der Waals surface area contributed by atoms with Gasteiger partial charge in [-0.1, -0.05) is 12.8 Å². The summed E-state index contributed by atoms with van der Waals surface area (Å²) >= 11 is 0. The van der Waals surface area contributed by atoms with Crippen molar-refractivity contribution in [1.82, 2.24) is 20.0 Å².